The number of anilines is 1. The first kappa shape index (κ1) is 15.7. The molecule has 0 spiro atoms. The minimum absolute atomic E-state index is 0.0423. The molecule has 0 amide bonds. The van der Waals surface area contributed by atoms with Gasteiger partial charge in [0.25, 0.3) is 5.56 Å². The maximum Gasteiger partial charge on any atom is 0.267 e. The van der Waals surface area contributed by atoms with Crippen molar-refractivity contribution in [2.75, 3.05) is 18.5 Å². The van der Waals surface area contributed by atoms with Gasteiger partial charge in [-0.05, 0) is 31.4 Å². The predicted octanol–water partition coefficient (Wildman–Crippen LogP) is 1.43. The van der Waals surface area contributed by atoms with E-state index in [1.54, 1.807) is 34.5 Å². The minimum Gasteiger partial charge on any atom is -0.377 e. The zero-order valence-corrected chi connectivity index (χ0v) is 14.9. The van der Waals surface area contributed by atoms with Crippen molar-refractivity contribution in [3.8, 4) is 5.82 Å². The third-order valence-electron chi connectivity index (χ3n) is 4.82. The number of nitrogens with zero attached hydrogens (tertiary/aromatic N) is 5. The summed E-state index contributed by atoms with van der Waals surface area (Å²) in [6.07, 6.45) is 6.86. The van der Waals surface area contributed by atoms with Gasteiger partial charge in [-0.1, -0.05) is 0 Å². The van der Waals surface area contributed by atoms with Crippen LogP contribution in [-0.4, -0.2) is 43.8 Å². The highest BCUT2D eigenvalue weighted by Gasteiger charge is 2.32. The lowest BCUT2D eigenvalue weighted by molar-refractivity contribution is 0.182. The van der Waals surface area contributed by atoms with E-state index in [0.717, 1.165) is 18.0 Å². The molecule has 1 aliphatic carbocycles. The zero-order chi connectivity index (χ0) is 17.5. The Kier molecular flexibility index (Phi) is 3.83. The van der Waals surface area contributed by atoms with Crippen LogP contribution in [0, 0.1) is 0 Å². The van der Waals surface area contributed by atoms with Crippen molar-refractivity contribution >= 4 is 16.5 Å². The Balaban J connectivity index is 1.43. The molecule has 1 saturated heterocycles. The van der Waals surface area contributed by atoms with E-state index in [2.05, 4.69) is 15.5 Å². The smallest absolute Gasteiger partial charge is 0.267 e. The van der Waals surface area contributed by atoms with Crippen LogP contribution in [0.5, 0.6) is 0 Å². The van der Waals surface area contributed by atoms with Crippen molar-refractivity contribution in [1.82, 2.24) is 24.5 Å². The number of nitrogens with one attached hydrogen (secondary N) is 1. The molecule has 0 saturated carbocycles. The molecule has 9 heteroatoms. The molecule has 134 valence electrons. The molecule has 0 radical (unpaired) electrons. The van der Waals surface area contributed by atoms with E-state index >= 15 is 0 Å². The van der Waals surface area contributed by atoms with Gasteiger partial charge in [-0.3, -0.25) is 4.79 Å². The van der Waals surface area contributed by atoms with Crippen LogP contribution >= 0.6 is 11.3 Å². The number of fused-ring (bicyclic) bond motifs is 1. The Morgan fingerprint density at radius 2 is 2.23 bits per heavy atom. The molecule has 8 nitrogen and oxygen atoms in total. The summed E-state index contributed by atoms with van der Waals surface area (Å²) < 4.78 is 8.79. The lowest BCUT2D eigenvalue weighted by atomic mass is 10.2. The summed E-state index contributed by atoms with van der Waals surface area (Å²) in [5.74, 6) is 0.605. The van der Waals surface area contributed by atoms with Gasteiger partial charge in [0.1, 0.15) is 6.04 Å². The lowest BCUT2D eigenvalue weighted by Gasteiger charge is -2.20. The van der Waals surface area contributed by atoms with Crippen molar-refractivity contribution < 1.29 is 4.74 Å². The maximum absolute atomic E-state index is 12.4. The van der Waals surface area contributed by atoms with Gasteiger partial charge >= 0.3 is 0 Å². The average Bonchev–Trinajstić information content (AvgIpc) is 3.40. The highest BCUT2D eigenvalue weighted by atomic mass is 32.1. The molecule has 1 aliphatic heterocycles. The molecular weight excluding hydrogens is 352 g/mol. The van der Waals surface area contributed by atoms with Crippen LogP contribution < -0.4 is 10.9 Å². The Morgan fingerprint density at radius 3 is 3.08 bits per heavy atom. The molecule has 3 aromatic heterocycles. The van der Waals surface area contributed by atoms with E-state index in [1.165, 1.54) is 27.7 Å². The first-order valence-electron chi connectivity index (χ1n) is 8.71. The summed E-state index contributed by atoms with van der Waals surface area (Å²) in [6, 6.07) is 4.80. The molecule has 4 heterocycles. The number of aromatic nitrogens is 5. The number of thiazole rings is 1. The predicted molar refractivity (Wildman–Crippen MR) is 97.0 cm³/mol. The van der Waals surface area contributed by atoms with Crippen LogP contribution in [0.3, 0.4) is 0 Å². The minimum atomic E-state index is -0.184. The van der Waals surface area contributed by atoms with Crippen molar-refractivity contribution in [3.63, 3.8) is 0 Å². The van der Waals surface area contributed by atoms with E-state index in [0.29, 0.717) is 19.0 Å². The number of hydrogen-bond acceptors (Lipinski definition) is 7. The Bertz CT molecular complexity index is 958. The van der Waals surface area contributed by atoms with Crippen molar-refractivity contribution in [3.05, 3.63) is 51.5 Å². The van der Waals surface area contributed by atoms with Crippen LogP contribution in [0.25, 0.3) is 5.82 Å². The number of aryl methyl sites for hydroxylation is 2. The fourth-order valence-electron chi connectivity index (χ4n) is 3.51. The third kappa shape index (κ3) is 2.73. The van der Waals surface area contributed by atoms with Crippen LogP contribution in [0.15, 0.2) is 35.4 Å². The Hall–Kier alpha value is -2.52. The van der Waals surface area contributed by atoms with E-state index < -0.39 is 0 Å². The topological polar surface area (TPSA) is 86.9 Å². The van der Waals surface area contributed by atoms with E-state index in [4.69, 9.17) is 9.72 Å². The summed E-state index contributed by atoms with van der Waals surface area (Å²) in [6.45, 7) is 0.966. The monoisotopic (exact) mass is 370 g/mol. The number of rotatable bonds is 4. The largest absolute Gasteiger partial charge is 0.377 e. The molecule has 26 heavy (non-hydrogen) atoms. The Morgan fingerprint density at radius 1 is 1.27 bits per heavy atom. The highest BCUT2D eigenvalue weighted by Crippen LogP contribution is 2.32. The standard InChI is InChI=1S/C17H18N6O2S/c24-16-6-5-15(22-8-2-7-18-22)21-23(16)13-10-25-9-12(13)20-17-19-11-3-1-4-14(11)26-17/h2,5-8,12-13H,1,3-4,9-10H2,(H,19,20). The molecule has 0 aromatic carbocycles. The van der Waals surface area contributed by atoms with E-state index in [-0.39, 0.29) is 17.6 Å². The number of ether oxygens (including phenoxy) is 1. The van der Waals surface area contributed by atoms with Gasteiger partial charge in [-0.2, -0.15) is 5.10 Å². The second kappa shape index (κ2) is 6.33. The zero-order valence-electron chi connectivity index (χ0n) is 14.0. The summed E-state index contributed by atoms with van der Waals surface area (Å²) in [5.41, 5.74) is 1.06. The highest BCUT2D eigenvalue weighted by molar-refractivity contribution is 7.15. The Labute approximate surface area is 153 Å². The molecule has 0 bridgehead atoms. The molecule has 2 aliphatic rings. The van der Waals surface area contributed by atoms with Gasteiger partial charge in [0.05, 0.1) is 24.9 Å². The van der Waals surface area contributed by atoms with Gasteiger partial charge in [-0.15, -0.1) is 16.4 Å². The van der Waals surface area contributed by atoms with E-state index in [1.807, 2.05) is 6.07 Å². The summed E-state index contributed by atoms with van der Waals surface area (Å²) in [5, 5.41) is 13.1. The fraction of sp³-hybridized carbons (Fsp3) is 0.412. The quantitative estimate of drug-likeness (QED) is 0.748. The lowest BCUT2D eigenvalue weighted by Crippen LogP contribution is -2.37. The van der Waals surface area contributed by atoms with Crippen molar-refractivity contribution in [2.24, 2.45) is 0 Å². The first-order valence-corrected chi connectivity index (χ1v) is 9.52. The van der Waals surface area contributed by atoms with Gasteiger partial charge in [-0.25, -0.2) is 14.3 Å². The second-order valence-corrected chi connectivity index (χ2v) is 7.61. The van der Waals surface area contributed by atoms with Crippen molar-refractivity contribution in [2.45, 2.75) is 31.3 Å². The molecular formula is C17H18N6O2S. The van der Waals surface area contributed by atoms with Crippen molar-refractivity contribution in [1.29, 1.82) is 0 Å². The molecule has 2 atom stereocenters. The molecule has 2 unspecified atom stereocenters. The van der Waals surface area contributed by atoms with Crippen LogP contribution in [-0.2, 0) is 17.6 Å². The molecule has 1 N–H and O–H groups in total. The van der Waals surface area contributed by atoms with Gasteiger partial charge in [0.15, 0.2) is 10.9 Å². The average molecular weight is 370 g/mol. The summed E-state index contributed by atoms with van der Waals surface area (Å²) in [4.78, 5) is 18.5. The van der Waals surface area contributed by atoms with Crippen LogP contribution in [0.4, 0.5) is 5.13 Å². The van der Waals surface area contributed by atoms with Crippen LogP contribution in [0.2, 0.25) is 0 Å². The SMILES string of the molecule is O=c1ccc(-n2cccn2)nn1C1COCC1Nc1nc2c(s1)CCC2. The van der Waals surface area contributed by atoms with E-state index in [9.17, 15) is 4.79 Å². The molecule has 1 fully saturated rings. The summed E-state index contributed by atoms with van der Waals surface area (Å²) in [7, 11) is 0. The summed E-state index contributed by atoms with van der Waals surface area (Å²) >= 11 is 1.71. The number of hydrogen-bond donors (Lipinski definition) is 1. The fourth-order valence-corrected chi connectivity index (χ4v) is 4.62. The third-order valence-corrected chi connectivity index (χ3v) is 5.91. The van der Waals surface area contributed by atoms with Gasteiger partial charge < -0.3 is 10.1 Å². The van der Waals surface area contributed by atoms with Gasteiger partial charge in [0, 0.05) is 23.3 Å². The molecule has 3 aromatic rings. The van der Waals surface area contributed by atoms with Crippen LogP contribution in [0.1, 0.15) is 23.0 Å². The molecule has 5 rings (SSSR count). The normalized spacial score (nSPS) is 21.8. The second-order valence-electron chi connectivity index (χ2n) is 6.52. The maximum atomic E-state index is 12.4. The van der Waals surface area contributed by atoms with Gasteiger partial charge in [0.2, 0.25) is 0 Å². The first-order chi connectivity index (χ1) is 12.8.